The molecule has 0 bridgehead atoms. The first-order valence-corrected chi connectivity index (χ1v) is 11.9. The van der Waals surface area contributed by atoms with E-state index in [4.69, 9.17) is 4.74 Å². The first kappa shape index (κ1) is 22.2. The van der Waals surface area contributed by atoms with Crippen molar-refractivity contribution in [2.45, 2.75) is 32.6 Å². The van der Waals surface area contributed by atoms with Crippen LogP contribution in [0.15, 0.2) is 34.3 Å². The maximum atomic E-state index is 12.4. The number of amides is 2. The molecule has 1 aromatic heterocycles. The molecule has 2 fully saturated rings. The van der Waals surface area contributed by atoms with Gasteiger partial charge in [0.25, 0.3) is 5.91 Å². The Bertz CT molecular complexity index is 1110. The Kier molecular flexibility index (Phi) is 7.01. The predicted octanol–water partition coefficient (Wildman–Crippen LogP) is 4.05. The molecule has 2 heterocycles. The van der Waals surface area contributed by atoms with Crippen molar-refractivity contribution in [2.24, 2.45) is 10.9 Å². The minimum atomic E-state index is -0.224. The lowest BCUT2D eigenvalue weighted by atomic mass is 10.2. The second-order valence-corrected chi connectivity index (χ2v) is 9.51. The Morgan fingerprint density at radius 1 is 1.41 bits per heavy atom. The predicted molar refractivity (Wildman–Crippen MR) is 126 cm³/mol. The van der Waals surface area contributed by atoms with E-state index in [-0.39, 0.29) is 17.7 Å². The van der Waals surface area contributed by atoms with E-state index in [1.807, 2.05) is 25.1 Å². The third-order valence-electron chi connectivity index (χ3n) is 4.75. The lowest BCUT2D eigenvalue weighted by Gasteiger charge is -2.07. The van der Waals surface area contributed by atoms with Crippen molar-refractivity contribution >= 4 is 63.3 Å². The molecule has 2 aliphatic rings. The number of nitrogens with one attached hydrogen (secondary N) is 2. The average molecular weight is 471 g/mol. The summed E-state index contributed by atoms with van der Waals surface area (Å²) < 4.78 is 5.63. The van der Waals surface area contributed by atoms with Crippen LogP contribution in [0, 0.1) is 12.8 Å². The molecule has 8 nitrogen and oxygen atoms in total. The van der Waals surface area contributed by atoms with Crippen LogP contribution >= 0.6 is 23.1 Å². The highest BCUT2D eigenvalue weighted by atomic mass is 32.2. The maximum Gasteiger partial charge on any atom is 0.264 e. The van der Waals surface area contributed by atoms with Crippen molar-refractivity contribution in [3.63, 3.8) is 0 Å². The number of hydrogen-bond acceptors (Lipinski definition) is 8. The molecular formula is C22H22N4O4S2. The Hall–Kier alpha value is -2.98. The molecular weight excluding hydrogens is 448 g/mol. The van der Waals surface area contributed by atoms with Gasteiger partial charge >= 0.3 is 0 Å². The second kappa shape index (κ2) is 10.1. The Morgan fingerprint density at radius 2 is 2.25 bits per heavy atom. The highest BCUT2D eigenvalue weighted by Gasteiger charge is 2.30. The molecule has 166 valence electrons. The van der Waals surface area contributed by atoms with Gasteiger partial charge in [0.15, 0.2) is 10.3 Å². The summed E-state index contributed by atoms with van der Waals surface area (Å²) in [6.07, 6.45) is 7.30. The number of thiazole rings is 1. The van der Waals surface area contributed by atoms with Gasteiger partial charge in [0.2, 0.25) is 5.91 Å². The number of aromatic nitrogens is 1. The quantitative estimate of drug-likeness (QED) is 0.325. The number of aldehydes is 1. The number of ether oxygens (including phenoxy) is 1. The fraction of sp³-hybridized carbons (Fsp3) is 0.318. The van der Waals surface area contributed by atoms with E-state index < -0.39 is 0 Å². The molecule has 10 heteroatoms. The number of unbranched alkanes of at least 4 members (excludes halogenated alkanes) is 1. The van der Waals surface area contributed by atoms with Crippen LogP contribution < -0.4 is 15.4 Å². The number of thioether (sulfide) groups is 1. The SMILES string of the molecule is Cc1cc(OCCCC=O)ccc1N=C1NC(=O)/C(=C/c2cnc(NC(=O)C3CC3)s2)S1. The topological polar surface area (TPSA) is 110 Å². The zero-order valence-electron chi connectivity index (χ0n) is 17.4. The Morgan fingerprint density at radius 3 is 3.00 bits per heavy atom. The summed E-state index contributed by atoms with van der Waals surface area (Å²) in [4.78, 5) is 44.7. The van der Waals surface area contributed by atoms with E-state index >= 15 is 0 Å². The van der Waals surface area contributed by atoms with Crippen molar-refractivity contribution in [1.82, 2.24) is 10.3 Å². The highest BCUT2D eigenvalue weighted by molar-refractivity contribution is 8.18. The van der Waals surface area contributed by atoms with Crippen molar-refractivity contribution < 1.29 is 19.1 Å². The fourth-order valence-electron chi connectivity index (χ4n) is 2.88. The summed E-state index contributed by atoms with van der Waals surface area (Å²) in [6, 6.07) is 5.54. The summed E-state index contributed by atoms with van der Waals surface area (Å²) in [5.41, 5.74) is 1.65. The van der Waals surface area contributed by atoms with Crippen molar-refractivity contribution in [2.75, 3.05) is 11.9 Å². The summed E-state index contributed by atoms with van der Waals surface area (Å²) in [5, 5.41) is 6.63. The smallest absolute Gasteiger partial charge is 0.264 e. The van der Waals surface area contributed by atoms with E-state index in [0.717, 1.165) is 41.0 Å². The number of nitrogens with zero attached hydrogens (tertiary/aromatic N) is 2. The van der Waals surface area contributed by atoms with Crippen molar-refractivity contribution in [3.8, 4) is 5.75 Å². The largest absolute Gasteiger partial charge is 0.494 e. The zero-order chi connectivity index (χ0) is 22.5. The number of aryl methyl sites for hydroxylation is 1. The van der Waals surface area contributed by atoms with Crippen LogP contribution in [0.3, 0.4) is 0 Å². The molecule has 0 spiro atoms. The Labute approximate surface area is 193 Å². The molecule has 1 saturated carbocycles. The van der Waals surface area contributed by atoms with Gasteiger partial charge in [-0.3, -0.25) is 9.59 Å². The van der Waals surface area contributed by atoms with Gasteiger partial charge in [-0.25, -0.2) is 9.98 Å². The third kappa shape index (κ3) is 5.83. The minimum absolute atomic E-state index is 0.00806. The number of carbonyl (C=O) groups is 3. The van der Waals surface area contributed by atoms with Gasteiger partial charge in [-0.2, -0.15) is 0 Å². The minimum Gasteiger partial charge on any atom is -0.494 e. The van der Waals surface area contributed by atoms with Crippen molar-refractivity contribution in [1.29, 1.82) is 0 Å². The lowest BCUT2D eigenvalue weighted by Crippen LogP contribution is -2.19. The molecule has 2 amide bonds. The van der Waals surface area contributed by atoms with Crippen LogP contribution in [-0.4, -0.2) is 34.9 Å². The van der Waals surface area contributed by atoms with Gasteiger partial charge in [0, 0.05) is 18.5 Å². The molecule has 1 saturated heterocycles. The Balaban J connectivity index is 1.39. The van der Waals surface area contributed by atoms with Gasteiger partial charge in [-0.05, 0) is 67.8 Å². The van der Waals surface area contributed by atoms with Gasteiger partial charge in [0.1, 0.15) is 12.0 Å². The molecule has 1 aliphatic carbocycles. The standard InChI is InChI=1S/C22H22N4O4S2/c1-13-10-15(30-9-3-2-8-27)6-7-17(13)24-22-26-20(29)18(32-22)11-16-12-23-21(31-16)25-19(28)14-4-5-14/h6-8,10-12,14H,2-5,9H2,1H3,(H,23,25,28)(H,24,26,29)/b18-11-. The van der Waals surface area contributed by atoms with Crippen LogP contribution in [0.25, 0.3) is 6.08 Å². The van der Waals surface area contributed by atoms with Gasteiger partial charge in [0.05, 0.1) is 22.1 Å². The van der Waals surface area contributed by atoms with E-state index in [1.165, 1.54) is 23.1 Å². The number of benzene rings is 1. The summed E-state index contributed by atoms with van der Waals surface area (Å²) in [5.74, 6) is 0.616. The molecule has 32 heavy (non-hydrogen) atoms. The number of rotatable bonds is 9. The summed E-state index contributed by atoms with van der Waals surface area (Å²) in [7, 11) is 0. The first-order chi connectivity index (χ1) is 15.5. The maximum absolute atomic E-state index is 12.4. The van der Waals surface area contributed by atoms with E-state index in [1.54, 1.807) is 12.3 Å². The van der Waals surface area contributed by atoms with Crippen LogP contribution in [-0.2, 0) is 14.4 Å². The molecule has 2 aromatic rings. The van der Waals surface area contributed by atoms with Crippen LogP contribution in [0.5, 0.6) is 5.75 Å². The highest BCUT2D eigenvalue weighted by Crippen LogP contribution is 2.33. The van der Waals surface area contributed by atoms with Crippen molar-refractivity contribution in [3.05, 3.63) is 39.7 Å². The van der Waals surface area contributed by atoms with Gasteiger partial charge in [-0.15, -0.1) is 0 Å². The number of anilines is 1. The number of carbonyl (C=O) groups excluding carboxylic acids is 3. The molecule has 4 rings (SSSR count). The molecule has 0 unspecified atom stereocenters. The lowest BCUT2D eigenvalue weighted by molar-refractivity contribution is -0.117. The fourth-order valence-corrected chi connectivity index (χ4v) is 4.55. The normalized spacial score (nSPS) is 18.1. The zero-order valence-corrected chi connectivity index (χ0v) is 19.1. The average Bonchev–Trinajstić information content (AvgIpc) is 3.45. The van der Waals surface area contributed by atoms with E-state index in [9.17, 15) is 14.4 Å². The van der Waals surface area contributed by atoms with E-state index in [2.05, 4.69) is 20.6 Å². The third-order valence-corrected chi connectivity index (χ3v) is 6.52. The van der Waals surface area contributed by atoms with Crippen LogP contribution in [0.4, 0.5) is 10.8 Å². The van der Waals surface area contributed by atoms with Crippen LogP contribution in [0.2, 0.25) is 0 Å². The molecule has 0 atom stereocenters. The first-order valence-electron chi connectivity index (χ1n) is 10.2. The van der Waals surface area contributed by atoms with Crippen LogP contribution in [0.1, 0.15) is 36.1 Å². The van der Waals surface area contributed by atoms with Gasteiger partial charge < -0.3 is 20.2 Å². The molecule has 1 aliphatic heterocycles. The summed E-state index contributed by atoms with van der Waals surface area (Å²) in [6.45, 7) is 2.40. The molecule has 2 N–H and O–H groups in total. The number of hydrogen-bond donors (Lipinski definition) is 2. The molecule has 1 aromatic carbocycles. The summed E-state index contributed by atoms with van der Waals surface area (Å²) >= 11 is 2.58. The second-order valence-electron chi connectivity index (χ2n) is 7.42. The van der Waals surface area contributed by atoms with Gasteiger partial charge in [-0.1, -0.05) is 11.3 Å². The number of aliphatic imine (C=N–C) groups is 1. The molecule has 0 radical (unpaired) electrons. The number of amidine groups is 1. The van der Waals surface area contributed by atoms with E-state index in [0.29, 0.717) is 34.7 Å². The monoisotopic (exact) mass is 470 g/mol.